The molecule has 0 saturated carbocycles. The Hall–Kier alpha value is -1.96. The molecule has 0 unspecified atom stereocenters. The van der Waals surface area contributed by atoms with Gasteiger partial charge in [-0.1, -0.05) is 12.1 Å². The van der Waals surface area contributed by atoms with Crippen LogP contribution in [-0.2, 0) is 6.42 Å². The lowest BCUT2D eigenvalue weighted by atomic mass is 10.1. The van der Waals surface area contributed by atoms with Gasteiger partial charge in [0, 0.05) is 12.2 Å². The Balaban J connectivity index is 0.00000288. The number of nitrogens with zero attached hydrogens (tertiary/aromatic N) is 1. The summed E-state index contributed by atoms with van der Waals surface area (Å²) in [4.78, 5) is 4.34. The molecule has 24 heavy (non-hydrogen) atoms. The van der Waals surface area contributed by atoms with E-state index >= 15 is 0 Å². The highest BCUT2D eigenvalue weighted by molar-refractivity contribution is 14.0. The van der Waals surface area contributed by atoms with Gasteiger partial charge < -0.3 is 20.5 Å². The van der Waals surface area contributed by atoms with Gasteiger partial charge in [-0.15, -0.1) is 24.0 Å². The lowest BCUT2D eigenvalue weighted by molar-refractivity contribution is 0.414. The van der Waals surface area contributed by atoms with Gasteiger partial charge in [0.1, 0.15) is 11.5 Å². The maximum absolute atomic E-state index is 5.88. The van der Waals surface area contributed by atoms with Crippen LogP contribution in [0.1, 0.15) is 12.0 Å². The van der Waals surface area contributed by atoms with Crippen LogP contribution in [0.15, 0.2) is 53.5 Å². The van der Waals surface area contributed by atoms with Crippen molar-refractivity contribution in [2.75, 3.05) is 26.1 Å². The fraction of sp³-hybridized carbons (Fsp3) is 0.278. The van der Waals surface area contributed by atoms with E-state index in [1.165, 1.54) is 5.56 Å². The van der Waals surface area contributed by atoms with Crippen LogP contribution in [0.2, 0.25) is 0 Å². The van der Waals surface area contributed by atoms with Crippen molar-refractivity contribution in [1.82, 2.24) is 0 Å². The topological polar surface area (TPSA) is 68.9 Å². The number of guanidine groups is 1. The molecule has 6 heteroatoms. The van der Waals surface area contributed by atoms with Crippen LogP contribution < -0.4 is 20.5 Å². The number of hydrogen-bond acceptors (Lipinski definition) is 3. The molecule has 0 fully saturated rings. The van der Waals surface area contributed by atoms with Crippen molar-refractivity contribution in [3.05, 3.63) is 54.1 Å². The van der Waals surface area contributed by atoms with Gasteiger partial charge >= 0.3 is 0 Å². The van der Waals surface area contributed by atoms with Crippen LogP contribution in [0.5, 0.6) is 11.5 Å². The number of ether oxygens (including phenoxy) is 2. The molecule has 0 aliphatic rings. The summed E-state index contributed by atoms with van der Waals surface area (Å²) in [7, 11) is 3.31. The van der Waals surface area contributed by atoms with Gasteiger partial charge in [-0.2, -0.15) is 0 Å². The molecule has 0 bridgehead atoms. The average molecular weight is 441 g/mol. The van der Waals surface area contributed by atoms with Crippen molar-refractivity contribution in [3.63, 3.8) is 0 Å². The minimum Gasteiger partial charge on any atom is -0.497 e. The Labute approximate surface area is 160 Å². The second-order valence-corrected chi connectivity index (χ2v) is 5.07. The molecule has 0 spiro atoms. The predicted molar refractivity (Wildman–Crippen MR) is 110 cm³/mol. The van der Waals surface area contributed by atoms with Crippen LogP contribution in [0.25, 0.3) is 0 Å². The number of anilines is 1. The molecule has 2 aromatic rings. The number of aryl methyl sites for hydroxylation is 1. The quantitative estimate of drug-likeness (QED) is 0.298. The molecule has 0 aromatic heterocycles. The lowest BCUT2D eigenvalue weighted by Crippen LogP contribution is -2.22. The Morgan fingerprint density at radius 2 is 1.50 bits per heavy atom. The zero-order valence-corrected chi connectivity index (χ0v) is 16.3. The van der Waals surface area contributed by atoms with E-state index in [0.717, 1.165) is 30.0 Å². The predicted octanol–water partition coefficient (Wildman–Crippen LogP) is 3.68. The van der Waals surface area contributed by atoms with Crippen molar-refractivity contribution < 1.29 is 9.47 Å². The van der Waals surface area contributed by atoms with Crippen LogP contribution in [0.4, 0.5) is 5.69 Å². The van der Waals surface area contributed by atoms with E-state index in [-0.39, 0.29) is 24.0 Å². The maximum Gasteiger partial charge on any atom is 0.193 e. The van der Waals surface area contributed by atoms with Crippen molar-refractivity contribution >= 4 is 35.6 Å². The smallest absolute Gasteiger partial charge is 0.193 e. The summed E-state index contributed by atoms with van der Waals surface area (Å²) in [6.07, 6.45) is 1.90. The number of methoxy groups -OCH3 is 2. The molecule has 5 nitrogen and oxygen atoms in total. The molecule has 0 amide bonds. The standard InChI is InChI=1S/C18H23N3O2.HI/c1-22-16-9-5-14(6-10-16)4-3-13-20-18(19)21-15-7-11-17(23-2)12-8-15;/h5-12H,3-4,13H2,1-2H3,(H3,19,20,21);1H. The molecule has 0 atom stereocenters. The van der Waals surface area contributed by atoms with E-state index in [0.29, 0.717) is 12.5 Å². The van der Waals surface area contributed by atoms with Crippen molar-refractivity contribution in [3.8, 4) is 11.5 Å². The van der Waals surface area contributed by atoms with E-state index in [4.69, 9.17) is 15.2 Å². The minimum absolute atomic E-state index is 0. The summed E-state index contributed by atoms with van der Waals surface area (Å²) in [5.41, 5.74) is 8.04. The fourth-order valence-electron chi connectivity index (χ4n) is 2.14. The number of halogens is 1. The number of benzene rings is 2. The zero-order chi connectivity index (χ0) is 16.5. The van der Waals surface area contributed by atoms with Crippen LogP contribution in [-0.4, -0.2) is 26.7 Å². The monoisotopic (exact) mass is 441 g/mol. The van der Waals surface area contributed by atoms with Gasteiger partial charge in [0.2, 0.25) is 0 Å². The lowest BCUT2D eigenvalue weighted by Gasteiger charge is -2.07. The molecule has 0 heterocycles. The summed E-state index contributed by atoms with van der Waals surface area (Å²) < 4.78 is 10.3. The molecule has 0 aliphatic heterocycles. The summed E-state index contributed by atoms with van der Waals surface area (Å²) in [6.45, 7) is 0.682. The van der Waals surface area contributed by atoms with Crippen molar-refractivity contribution in [1.29, 1.82) is 0 Å². The normalized spacial score (nSPS) is 10.7. The van der Waals surface area contributed by atoms with E-state index in [1.54, 1.807) is 14.2 Å². The Morgan fingerprint density at radius 1 is 0.958 bits per heavy atom. The molecule has 0 saturated heterocycles. The van der Waals surface area contributed by atoms with Crippen molar-refractivity contribution in [2.45, 2.75) is 12.8 Å². The third-order valence-corrected chi connectivity index (χ3v) is 3.43. The van der Waals surface area contributed by atoms with Crippen LogP contribution >= 0.6 is 24.0 Å². The summed E-state index contributed by atoms with van der Waals surface area (Å²) in [6, 6.07) is 15.6. The molecule has 2 aromatic carbocycles. The number of rotatable bonds is 7. The molecule has 2 rings (SSSR count). The van der Waals surface area contributed by atoms with E-state index < -0.39 is 0 Å². The number of hydrogen-bond donors (Lipinski definition) is 2. The summed E-state index contributed by atoms with van der Waals surface area (Å²) in [5.74, 6) is 2.11. The largest absolute Gasteiger partial charge is 0.497 e. The first-order valence-corrected chi connectivity index (χ1v) is 7.55. The Kier molecular flexibility index (Phi) is 8.99. The first kappa shape index (κ1) is 20.1. The SMILES string of the molecule is COc1ccc(CCCN=C(N)Nc2ccc(OC)cc2)cc1.I. The molecule has 0 radical (unpaired) electrons. The van der Waals surface area contributed by atoms with Gasteiger partial charge in [0.15, 0.2) is 5.96 Å². The molecular weight excluding hydrogens is 417 g/mol. The number of nitrogens with two attached hydrogens (primary N) is 1. The highest BCUT2D eigenvalue weighted by atomic mass is 127. The number of aliphatic imine (C=N–C) groups is 1. The van der Waals surface area contributed by atoms with Gasteiger partial charge in [-0.3, -0.25) is 4.99 Å². The van der Waals surface area contributed by atoms with E-state index in [1.807, 2.05) is 36.4 Å². The van der Waals surface area contributed by atoms with Gasteiger partial charge in [0.25, 0.3) is 0 Å². The van der Waals surface area contributed by atoms with Crippen LogP contribution in [0.3, 0.4) is 0 Å². The minimum atomic E-state index is 0. The van der Waals surface area contributed by atoms with Crippen LogP contribution in [0, 0.1) is 0 Å². The van der Waals surface area contributed by atoms with Crippen molar-refractivity contribution in [2.24, 2.45) is 10.7 Å². The third-order valence-electron chi connectivity index (χ3n) is 3.43. The van der Waals surface area contributed by atoms with Gasteiger partial charge in [-0.05, 0) is 54.8 Å². The van der Waals surface area contributed by atoms with E-state index in [2.05, 4.69) is 22.4 Å². The van der Waals surface area contributed by atoms with E-state index in [9.17, 15) is 0 Å². The third kappa shape index (κ3) is 6.66. The second kappa shape index (κ2) is 10.7. The highest BCUT2D eigenvalue weighted by Gasteiger charge is 1.97. The molecule has 0 aliphatic carbocycles. The second-order valence-electron chi connectivity index (χ2n) is 5.07. The first-order chi connectivity index (χ1) is 11.2. The van der Waals surface area contributed by atoms with Gasteiger partial charge in [-0.25, -0.2) is 0 Å². The first-order valence-electron chi connectivity index (χ1n) is 7.55. The summed E-state index contributed by atoms with van der Waals surface area (Å²) in [5, 5.41) is 3.06. The summed E-state index contributed by atoms with van der Waals surface area (Å²) >= 11 is 0. The molecule has 130 valence electrons. The Bertz CT molecular complexity index is 628. The zero-order valence-electron chi connectivity index (χ0n) is 14.0. The molecule has 3 N–H and O–H groups in total. The average Bonchev–Trinajstić information content (AvgIpc) is 2.60. The maximum atomic E-state index is 5.88. The highest BCUT2D eigenvalue weighted by Crippen LogP contribution is 2.15. The van der Waals surface area contributed by atoms with Gasteiger partial charge in [0.05, 0.1) is 14.2 Å². The molecular formula is C18H24IN3O2. The number of nitrogens with one attached hydrogen (secondary N) is 1. The fourth-order valence-corrected chi connectivity index (χ4v) is 2.14. The Morgan fingerprint density at radius 3 is 2.04 bits per heavy atom.